The van der Waals surface area contributed by atoms with Gasteiger partial charge in [0.25, 0.3) is 5.56 Å². The van der Waals surface area contributed by atoms with Crippen LogP contribution >= 0.6 is 0 Å². The minimum atomic E-state index is -0.108. The first-order chi connectivity index (χ1) is 13.3. The second kappa shape index (κ2) is 7.04. The van der Waals surface area contributed by atoms with Crippen LogP contribution in [0.25, 0.3) is 11.0 Å². The predicted molar refractivity (Wildman–Crippen MR) is 111 cm³/mol. The number of nitrogens with one attached hydrogen (secondary N) is 1. The summed E-state index contributed by atoms with van der Waals surface area (Å²) in [6.45, 7) is 10.8. The fourth-order valence-electron chi connectivity index (χ4n) is 3.88. The van der Waals surface area contributed by atoms with Crippen molar-refractivity contribution in [3.63, 3.8) is 0 Å². The third-order valence-corrected chi connectivity index (χ3v) is 5.55. The summed E-state index contributed by atoms with van der Waals surface area (Å²) in [6.07, 6.45) is 5.40. The number of nitrogens with zero attached hydrogens (tertiary/aromatic N) is 5. The van der Waals surface area contributed by atoms with Crippen LogP contribution < -0.4 is 10.5 Å². The molecule has 7 heteroatoms. The van der Waals surface area contributed by atoms with Crippen LogP contribution in [0.2, 0.25) is 0 Å². The van der Waals surface area contributed by atoms with Gasteiger partial charge in [0.05, 0.1) is 17.5 Å². The Kier molecular flexibility index (Phi) is 4.69. The van der Waals surface area contributed by atoms with Crippen LogP contribution in [-0.4, -0.2) is 37.6 Å². The molecule has 3 aromatic heterocycles. The highest BCUT2D eigenvalue weighted by molar-refractivity contribution is 5.86. The minimum Gasteiger partial charge on any atom is -0.355 e. The van der Waals surface area contributed by atoms with Crippen LogP contribution in [0.4, 0.5) is 5.82 Å². The lowest BCUT2D eigenvalue weighted by atomic mass is 9.92. The van der Waals surface area contributed by atoms with Gasteiger partial charge >= 0.3 is 0 Å². The van der Waals surface area contributed by atoms with Crippen molar-refractivity contribution in [3.8, 4) is 0 Å². The monoisotopic (exact) mass is 380 g/mol. The maximum atomic E-state index is 12.5. The van der Waals surface area contributed by atoms with Crippen molar-refractivity contribution in [1.82, 2.24) is 24.5 Å². The first kappa shape index (κ1) is 18.7. The summed E-state index contributed by atoms with van der Waals surface area (Å²) >= 11 is 0. The number of anilines is 1. The Labute approximate surface area is 164 Å². The lowest BCUT2D eigenvalue weighted by Crippen LogP contribution is -2.37. The second-order valence-corrected chi connectivity index (χ2v) is 8.86. The molecule has 0 radical (unpaired) electrons. The number of piperidine rings is 1. The number of aromatic amines is 1. The van der Waals surface area contributed by atoms with Crippen LogP contribution in [0.5, 0.6) is 0 Å². The molecule has 0 aliphatic carbocycles. The number of hydrogen-bond acceptors (Lipinski definition) is 5. The molecule has 0 amide bonds. The zero-order chi connectivity index (χ0) is 19.9. The number of hydrogen-bond donors (Lipinski definition) is 1. The fraction of sp³-hybridized carbons (Fsp3) is 0.524. The molecule has 0 aromatic carbocycles. The van der Waals surface area contributed by atoms with Crippen LogP contribution in [0.15, 0.2) is 29.6 Å². The summed E-state index contributed by atoms with van der Waals surface area (Å²) < 4.78 is 1.76. The van der Waals surface area contributed by atoms with E-state index in [1.807, 2.05) is 13.0 Å². The number of fused-ring (bicyclic) bond motifs is 1. The van der Waals surface area contributed by atoms with Crippen LogP contribution in [-0.2, 0) is 12.0 Å². The van der Waals surface area contributed by atoms with E-state index in [1.165, 1.54) is 0 Å². The zero-order valence-corrected chi connectivity index (χ0v) is 17.1. The van der Waals surface area contributed by atoms with Gasteiger partial charge in [-0.15, -0.1) is 0 Å². The van der Waals surface area contributed by atoms with E-state index in [9.17, 15) is 4.79 Å². The van der Waals surface area contributed by atoms with E-state index in [0.717, 1.165) is 60.7 Å². The summed E-state index contributed by atoms with van der Waals surface area (Å²) in [5, 5.41) is 0. The van der Waals surface area contributed by atoms with Gasteiger partial charge in [-0.2, -0.15) is 0 Å². The Morgan fingerprint density at radius 3 is 2.57 bits per heavy atom. The van der Waals surface area contributed by atoms with Crippen molar-refractivity contribution in [2.45, 2.75) is 52.5 Å². The van der Waals surface area contributed by atoms with Gasteiger partial charge in [-0.1, -0.05) is 20.8 Å². The average molecular weight is 380 g/mol. The molecule has 0 saturated carbocycles. The van der Waals surface area contributed by atoms with Crippen molar-refractivity contribution in [2.75, 3.05) is 18.0 Å². The van der Waals surface area contributed by atoms with Crippen LogP contribution in [0, 0.1) is 12.8 Å². The van der Waals surface area contributed by atoms with Crippen molar-refractivity contribution in [3.05, 3.63) is 46.5 Å². The van der Waals surface area contributed by atoms with Gasteiger partial charge in [-0.05, 0) is 31.7 Å². The Hall–Kier alpha value is -2.70. The number of aromatic nitrogens is 5. The first-order valence-corrected chi connectivity index (χ1v) is 9.93. The summed E-state index contributed by atoms with van der Waals surface area (Å²) in [7, 11) is 0. The molecule has 1 saturated heterocycles. The van der Waals surface area contributed by atoms with E-state index < -0.39 is 0 Å². The van der Waals surface area contributed by atoms with E-state index >= 15 is 0 Å². The van der Waals surface area contributed by atoms with Crippen molar-refractivity contribution in [1.29, 1.82) is 0 Å². The van der Waals surface area contributed by atoms with E-state index in [2.05, 4.69) is 45.6 Å². The van der Waals surface area contributed by atoms with Gasteiger partial charge in [0.2, 0.25) is 0 Å². The van der Waals surface area contributed by atoms with Crippen molar-refractivity contribution >= 4 is 16.9 Å². The highest BCUT2D eigenvalue weighted by Gasteiger charge is 2.23. The zero-order valence-electron chi connectivity index (χ0n) is 17.1. The summed E-state index contributed by atoms with van der Waals surface area (Å²) in [4.78, 5) is 31.6. The standard InChI is InChI=1S/C21H28N6O/c1-14-9-16-19(25-14)20(23-12-22-16)26-7-5-15(6-8-26)11-27-13-24-17(10-18(27)28)21(2,3)4/h9-10,12-13,15,25H,5-8,11H2,1-4H3. The summed E-state index contributed by atoms with van der Waals surface area (Å²) in [5.41, 5.74) is 3.84. The molecule has 0 unspecified atom stereocenters. The molecule has 0 spiro atoms. The van der Waals surface area contributed by atoms with Gasteiger partial charge in [0.15, 0.2) is 5.82 Å². The second-order valence-electron chi connectivity index (χ2n) is 8.86. The van der Waals surface area contributed by atoms with Crippen LogP contribution in [0.3, 0.4) is 0 Å². The molecule has 148 valence electrons. The topological polar surface area (TPSA) is 79.7 Å². The molecule has 28 heavy (non-hydrogen) atoms. The lowest BCUT2D eigenvalue weighted by Gasteiger charge is -2.33. The van der Waals surface area contributed by atoms with Gasteiger partial charge in [0.1, 0.15) is 11.8 Å². The molecule has 4 heterocycles. The smallest absolute Gasteiger partial charge is 0.253 e. The third-order valence-electron chi connectivity index (χ3n) is 5.55. The van der Waals surface area contributed by atoms with Gasteiger partial charge in [-0.3, -0.25) is 9.36 Å². The number of aryl methyl sites for hydroxylation is 1. The minimum absolute atomic E-state index is 0.0433. The average Bonchev–Trinajstić information content (AvgIpc) is 3.03. The Bertz CT molecular complexity index is 1040. The molecular weight excluding hydrogens is 352 g/mol. The lowest BCUT2D eigenvalue weighted by molar-refractivity contribution is 0.349. The molecule has 4 rings (SSSR count). The van der Waals surface area contributed by atoms with E-state index in [1.54, 1.807) is 23.3 Å². The Morgan fingerprint density at radius 2 is 1.89 bits per heavy atom. The fourth-order valence-corrected chi connectivity index (χ4v) is 3.88. The molecule has 1 fully saturated rings. The molecule has 1 N–H and O–H groups in total. The van der Waals surface area contributed by atoms with E-state index in [0.29, 0.717) is 5.92 Å². The molecule has 3 aromatic rings. The number of rotatable bonds is 3. The maximum Gasteiger partial charge on any atom is 0.253 e. The molecule has 0 bridgehead atoms. The highest BCUT2D eigenvalue weighted by Crippen LogP contribution is 2.27. The molecule has 1 aliphatic rings. The van der Waals surface area contributed by atoms with Gasteiger partial charge in [0, 0.05) is 36.8 Å². The Balaban J connectivity index is 1.44. The van der Waals surface area contributed by atoms with Gasteiger partial charge in [-0.25, -0.2) is 15.0 Å². The highest BCUT2D eigenvalue weighted by atomic mass is 16.1. The van der Waals surface area contributed by atoms with Gasteiger partial charge < -0.3 is 9.88 Å². The molecule has 0 atom stereocenters. The van der Waals surface area contributed by atoms with E-state index in [-0.39, 0.29) is 11.0 Å². The Morgan fingerprint density at radius 1 is 1.14 bits per heavy atom. The number of H-pyrrole nitrogens is 1. The molecular formula is C21H28N6O. The van der Waals surface area contributed by atoms with Crippen molar-refractivity contribution in [2.24, 2.45) is 5.92 Å². The first-order valence-electron chi connectivity index (χ1n) is 9.93. The quantitative estimate of drug-likeness (QED) is 0.755. The summed E-state index contributed by atoms with van der Waals surface area (Å²) in [5.74, 6) is 1.45. The third kappa shape index (κ3) is 3.66. The molecule has 1 aliphatic heterocycles. The largest absolute Gasteiger partial charge is 0.355 e. The molecule has 7 nitrogen and oxygen atoms in total. The summed E-state index contributed by atoms with van der Waals surface area (Å²) in [6, 6.07) is 3.73. The van der Waals surface area contributed by atoms with Crippen molar-refractivity contribution < 1.29 is 0 Å². The van der Waals surface area contributed by atoms with Crippen LogP contribution in [0.1, 0.15) is 45.0 Å². The van der Waals surface area contributed by atoms with E-state index in [4.69, 9.17) is 0 Å². The normalized spacial score (nSPS) is 16.1. The predicted octanol–water partition coefficient (Wildman–Crippen LogP) is 3.04. The SMILES string of the molecule is Cc1cc2ncnc(N3CCC(Cn4cnc(C(C)(C)C)cc4=O)CC3)c2[nH]1. The maximum absolute atomic E-state index is 12.5.